The van der Waals surface area contributed by atoms with Crippen LogP contribution in [0.3, 0.4) is 0 Å². The van der Waals surface area contributed by atoms with Crippen molar-refractivity contribution in [1.82, 2.24) is 4.90 Å². The molecule has 0 aliphatic rings. The van der Waals surface area contributed by atoms with Crippen LogP contribution in [-0.4, -0.2) is 78.0 Å². The monoisotopic (exact) mass is 546 g/mol. The van der Waals surface area contributed by atoms with Crippen LogP contribution < -0.4 is 5.73 Å². The van der Waals surface area contributed by atoms with Crippen LogP contribution in [0.25, 0.3) is 0 Å². The van der Waals surface area contributed by atoms with E-state index in [0.29, 0.717) is 51.4 Å². The Morgan fingerprint density at radius 2 is 1.11 bits per heavy atom. The first kappa shape index (κ1) is 34.6. The summed E-state index contributed by atoms with van der Waals surface area (Å²) in [4.78, 5) is 78.0. The second-order valence-electron chi connectivity index (χ2n) is 8.58. The molecular weight excluding hydrogens is 504 g/mol. The lowest BCUT2D eigenvalue weighted by Crippen LogP contribution is -2.70. The molecule has 0 fully saturated rings. The van der Waals surface area contributed by atoms with Crippen LogP contribution in [0.5, 0.6) is 0 Å². The minimum atomic E-state index is -3.40. The maximum atomic E-state index is 13.5. The van der Waals surface area contributed by atoms with E-state index in [0.717, 1.165) is 0 Å². The van der Waals surface area contributed by atoms with Crippen LogP contribution in [0.4, 0.5) is 9.59 Å². The van der Waals surface area contributed by atoms with Crippen LogP contribution in [0, 0.1) is 5.92 Å². The van der Waals surface area contributed by atoms with Gasteiger partial charge in [-0.2, -0.15) is 4.90 Å². The van der Waals surface area contributed by atoms with E-state index in [-0.39, 0.29) is 31.3 Å². The predicted octanol–water partition coefficient (Wildman–Crippen LogP) is 3.16. The molecule has 0 rings (SSSR count). The van der Waals surface area contributed by atoms with Gasteiger partial charge in [-0.05, 0) is 25.7 Å². The number of ether oxygens (including phenoxy) is 4. The number of imide groups is 1. The lowest BCUT2D eigenvalue weighted by Gasteiger charge is -2.39. The van der Waals surface area contributed by atoms with Gasteiger partial charge in [-0.1, -0.05) is 53.4 Å². The zero-order chi connectivity index (χ0) is 29.1. The van der Waals surface area contributed by atoms with Crippen LogP contribution in [0.1, 0.15) is 85.5 Å². The highest BCUT2D eigenvalue weighted by Gasteiger charge is 2.67. The third-order valence-corrected chi connectivity index (χ3v) is 5.47. The molecule has 0 bridgehead atoms. The number of carbonyl (C=O) groups is 6. The number of unbranched alkanes of at least 4 members (excludes halogenated alkanes) is 4. The SMILES string of the molecule is CCCCOC(=O)C(CC(N)=O)C(C(=O)O)(C(=O)OCCCC)N(C(=O)OCCCC)C(=O)OCCCC. The molecule has 0 heterocycles. The van der Waals surface area contributed by atoms with Crippen molar-refractivity contribution >= 4 is 36.0 Å². The smallest absolute Gasteiger partial charge is 0.420 e. The number of carbonyl (C=O) groups excluding carboxylic acids is 5. The summed E-state index contributed by atoms with van der Waals surface area (Å²) in [7, 11) is 0. The number of carboxylic acids is 1. The predicted molar refractivity (Wildman–Crippen MR) is 134 cm³/mol. The molecule has 2 atom stereocenters. The summed E-state index contributed by atoms with van der Waals surface area (Å²) >= 11 is 0. The fourth-order valence-electron chi connectivity index (χ4n) is 3.26. The van der Waals surface area contributed by atoms with Crippen molar-refractivity contribution in [1.29, 1.82) is 0 Å². The van der Waals surface area contributed by atoms with E-state index in [1.54, 1.807) is 20.8 Å². The van der Waals surface area contributed by atoms with Crippen molar-refractivity contribution in [2.24, 2.45) is 11.7 Å². The summed E-state index contributed by atoms with van der Waals surface area (Å²) in [5.41, 5.74) is 1.91. The molecule has 0 aliphatic heterocycles. The van der Waals surface area contributed by atoms with Crippen molar-refractivity contribution in [3.05, 3.63) is 0 Å². The molecule has 0 aliphatic carbocycles. The van der Waals surface area contributed by atoms with Gasteiger partial charge in [0.25, 0.3) is 5.54 Å². The number of carboxylic acid groups (broad SMARTS) is 1. The molecule has 218 valence electrons. The number of rotatable bonds is 19. The maximum absolute atomic E-state index is 13.5. The summed E-state index contributed by atoms with van der Waals surface area (Å²) in [5.74, 6) is -8.54. The standard InChI is InChI=1S/C25H42N2O11/c1-5-9-13-35-20(29)18(17-19(26)28)25(21(30)31,22(32)36-14-10-6-2)27(23(33)37-15-11-7-3)24(34)38-16-12-8-4/h18H,5-17H2,1-4H3,(H2,26,28)(H,30,31). The molecule has 0 radical (unpaired) electrons. The topological polar surface area (TPSA) is 189 Å². The number of nitrogens with two attached hydrogens (primary N) is 1. The van der Waals surface area contributed by atoms with Crippen molar-refractivity contribution in [3.63, 3.8) is 0 Å². The molecule has 13 nitrogen and oxygen atoms in total. The summed E-state index contributed by atoms with van der Waals surface area (Å²) in [6.07, 6.45) is -0.433. The minimum absolute atomic E-state index is 0.0936. The number of hydrogen-bond donors (Lipinski definition) is 2. The Hall–Kier alpha value is -3.38. The fourth-order valence-corrected chi connectivity index (χ4v) is 3.26. The molecule has 13 heteroatoms. The van der Waals surface area contributed by atoms with Gasteiger partial charge in [0.15, 0.2) is 0 Å². The van der Waals surface area contributed by atoms with E-state index in [2.05, 4.69) is 0 Å². The number of esters is 2. The van der Waals surface area contributed by atoms with Gasteiger partial charge in [0.2, 0.25) is 5.91 Å². The van der Waals surface area contributed by atoms with Crippen LogP contribution in [-0.2, 0) is 38.1 Å². The largest absolute Gasteiger partial charge is 0.479 e. The Bertz CT molecular complexity index is 780. The first-order valence-corrected chi connectivity index (χ1v) is 13.0. The van der Waals surface area contributed by atoms with E-state index in [1.165, 1.54) is 0 Å². The average molecular weight is 547 g/mol. The third-order valence-electron chi connectivity index (χ3n) is 5.47. The molecule has 3 N–H and O–H groups in total. The Labute approximate surface area is 223 Å². The number of primary amides is 1. The molecule has 3 amide bonds. The number of hydrogen-bond acceptors (Lipinski definition) is 10. The van der Waals surface area contributed by atoms with Crippen molar-refractivity contribution in [3.8, 4) is 0 Å². The normalized spacial score (nSPS) is 12.9. The molecule has 0 aromatic carbocycles. The number of nitrogens with zero attached hydrogens (tertiary/aromatic N) is 1. The second-order valence-corrected chi connectivity index (χ2v) is 8.58. The van der Waals surface area contributed by atoms with Crippen LogP contribution in [0.2, 0.25) is 0 Å². The first-order valence-electron chi connectivity index (χ1n) is 13.0. The van der Waals surface area contributed by atoms with Gasteiger partial charge in [0.1, 0.15) is 5.92 Å². The second kappa shape index (κ2) is 18.8. The van der Waals surface area contributed by atoms with E-state index >= 15 is 0 Å². The zero-order valence-electron chi connectivity index (χ0n) is 22.8. The molecule has 0 spiro atoms. The number of amides is 3. The lowest BCUT2D eigenvalue weighted by molar-refractivity contribution is -0.182. The van der Waals surface area contributed by atoms with Gasteiger partial charge >= 0.3 is 30.1 Å². The zero-order valence-corrected chi connectivity index (χ0v) is 22.8. The van der Waals surface area contributed by atoms with E-state index in [4.69, 9.17) is 24.7 Å². The summed E-state index contributed by atoms with van der Waals surface area (Å²) in [6, 6.07) is 0. The first-order chi connectivity index (χ1) is 18.1. The minimum Gasteiger partial charge on any atom is -0.479 e. The van der Waals surface area contributed by atoms with Gasteiger partial charge in [-0.15, -0.1) is 0 Å². The fraction of sp³-hybridized carbons (Fsp3) is 0.760. The summed E-state index contributed by atoms with van der Waals surface area (Å²) in [5, 5.41) is 10.4. The molecular formula is C25H42N2O11. The highest BCUT2D eigenvalue weighted by Crippen LogP contribution is 2.34. The Morgan fingerprint density at radius 1 is 0.711 bits per heavy atom. The Kier molecular flexibility index (Phi) is 17.1. The Balaban J connectivity index is 7.10. The molecule has 38 heavy (non-hydrogen) atoms. The van der Waals surface area contributed by atoms with Gasteiger partial charge < -0.3 is 29.8 Å². The molecule has 0 aromatic rings. The van der Waals surface area contributed by atoms with Gasteiger partial charge in [0.05, 0.1) is 26.4 Å². The maximum Gasteiger partial charge on any atom is 0.420 e. The van der Waals surface area contributed by atoms with Gasteiger partial charge in [-0.25, -0.2) is 19.2 Å². The Morgan fingerprint density at radius 3 is 1.47 bits per heavy atom. The van der Waals surface area contributed by atoms with E-state index in [1.807, 2.05) is 6.92 Å². The molecule has 0 aromatic heterocycles. The summed E-state index contributed by atoms with van der Waals surface area (Å²) < 4.78 is 20.4. The summed E-state index contributed by atoms with van der Waals surface area (Å²) in [6.45, 7) is 6.27. The molecule has 0 saturated heterocycles. The van der Waals surface area contributed by atoms with Gasteiger partial charge in [-0.3, -0.25) is 9.59 Å². The third kappa shape index (κ3) is 10.2. The number of aliphatic carboxylic acids is 1. The quantitative estimate of drug-likeness (QED) is 0.105. The van der Waals surface area contributed by atoms with Crippen molar-refractivity contribution in [2.45, 2.75) is 91.0 Å². The highest BCUT2D eigenvalue weighted by molar-refractivity contribution is 6.14. The molecule has 2 unspecified atom stereocenters. The van der Waals surface area contributed by atoms with Crippen molar-refractivity contribution in [2.75, 3.05) is 26.4 Å². The van der Waals surface area contributed by atoms with Gasteiger partial charge in [0, 0.05) is 6.42 Å². The molecule has 0 saturated carbocycles. The highest BCUT2D eigenvalue weighted by atomic mass is 16.6. The van der Waals surface area contributed by atoms with Crippen LogP contribution >= 0.6 is 0 Å². The van der Waals surface area contributed by atoms with Crippen LogP contribution in [0.15, 0.2) is 0 Å². The lowest BCUT2D eigenvalue weighted by atomic mass is 9.79. The van der Waals surface area contributed by atoms with Crippen molar-refractivity contribution < 1.29 is 52.8 Å². The van der Waals surface area contributed by atoms with E-state index < -0.39 is 53.9 Å². The average Bonchev–Trinajstić information content (AvgIpc) is 2.85. The van der Waals surface area contributed by atoms with E-state index in [9.17, 15) is 33.9 Å².